The molecule has 18 heavy (non-hydrogen) atoms. The number of hydrogen-bond acceptors (Lipinski definition) is 3. The van der Waals surface area contributed by atoms with Crippen LogP contribution in [0.15, 0.2) is 35.8 Å². The first-order chi connectivity index (χ1) is 8.58. The van der Waals surface area contributed by atoms with Crippen LogP contribution in [-0.2, 0) is 4.74 Å². The fraction of sp³-hybridized carbons (Fsp3) is 0.167. The van der Waals surface area contributed by atoms with Crippen LogP contribution in [0.3, 0.4) is 0 Å². The van der Waals surface area contributed by atoms with Crippen LogP contribution >= 0.6 is 23.2 Å². The summed E-state index contributed by atoms with van der Waals surface area (Å²) in [4.78, 5) is 15.8. The fourth-order valence-corrected chi connectivity index (χ4v) is 1.41. The highest BCUT2D eigenvalue weighted by molar-refractivity contribution is 6.42. The maximum atomic E-state index is 11.8. The van der Waals surface area contributed by atoms with Gasteiger partial charge in [-0.2, -0.15) is 0 Å². The normalized spacial score (nSPS) is 10.9. The van der Waals surface area contributed by atoms with Gasteiger partial charge in [0.25, 0.3) is 11.9 Å². The molecular formula is C12H12Cl2N2O2. The van der Waals surface area contributed by atoms with E-state index in [0.29, 0.717) is 22.2 Å². The van der Waals surface area contributed by atoms with Gasteiger partial charge in [-0.15, -0.1) is 6.58 Å². The SMILES string of the molecule is C=CCN=C(NC(=O)c1ccc(Cl)c(Cl)c1)OC. The molecule has 1 amide bonds. The number of ether oxygens (including phenoxy) is 1. The first-order valence-electron chi connectivity index (χ1n) is 5.04. The summed E-state index contributed by atoms with van der Waals surface area (Å²) < 4.78 is 4.91. The van der Waals surface area contributed by atoms with Crippen molar-refractivity contribution in [3.05, 3.63) is 46.5 Å². The van der Waals surface area contributed by atoms with E-state index >= 15 is 0 Å². The average molecular weight is 287 g/mol. The molecule has 6 heteroatoms. The minimum absolute atomic E-state index is 0.117. The molecule has 1 rings (SSSR count). The van der Waals surface area contributed by atoms with E-state index in [-0.39, 0.29) is 11.9 Å². The van der Waals surface area contributed by atoms with Crippen LogP contribution in [0.25, 0.3) is 0 Å². The van der Waals surface area contributed by atoms with Crippen LogP contribution in [0.4, 0.5) is 0 Å². The van der Waals surface area contributed by atoms with Crippen LogP contribution < -0.4 is 5.32 Å². The van der Waals surface area contributed by atoms with Crippen molar-refractivity contribution in [1.82, 2.24) is 5.32 Å². The quantitative estimate of drug-likeness (QED) is 0.528. The smallest absolute Gasteiger partial charge is 0.291 e. The van der Waals surface area contributed by atoms with Crippen LogP contribution in [-0.4, -0.2) is 25.6 Å². The van der Waals surface area contributed by atoms with Crippen molar-refractivity contribution in [3.8, 4) is 0 Å². The second-order valence-corrected chi connectivity index (χ2v) is 4.04. The lowest BCUT2D eigenvalue weighted by Gasteiger charge is -2.07. The maximum absolute atomic E-state index is 11.8. The van der Waals surface area contributed by atoms with Gasteiger partial charge in [0.2, 0.25) is 0 Å². The van der Waals surface area contributed by atoms with E-state index in [1.165, 1.54) is 13.2 Å². The Bertz CT molecular complexity index is 487. The first-order valence-corrected chi connectivity index (χ1v) is 5.79. The zero-order valence-electron chi connectivity index (χ0n) is 9.74. The second-order valence-electron chi connectivity index (χ2n) is 3.22. The highest BCUT2D eigenvalue weighted by Crippen LogP contribution is 2.22. The van der Waals surface area contributed by atoms with Gasteiger partial charge in [0.15, 0.2) is 0 Å². The summed E-state index contributed by atoms with van der Waals surface area (Å²) in [6.45, 7) is 3.87. The number of amidine groups is 1. The first kappa shape index (κ1) is 14.5. The number of halogens is 2. The summed E-state index contributed by atoms with van der Waals surface area (Å²) in [7, 11) is 1.41. The number of carbonyl (C=O) groups excluding carboxylic acids is 1. The Morgan fingerprint density at radius 3 is 2.78 bits per heavy atom. The molecular weight excluding hydrogens is 275 g/mol. The molecule has 0 unspecified atom stereocenters. The van der Waals surface area contributed by atoms with Crippen LogP contribution in [0, 0.1) is 0 Å². The van der Waals surface area contributed by atoms with Crippen LogP contribution in [0.2, 0.25) is 10.0 Å². The van der Waals surface area contributed by atoms with Gasteiger partial charge in [0.05, 0.1) is 23.7 Å². The molecule has 0 saturated carbocycles. The molecule has 1 aromatic rings. The van der Waals surface area contributed by atoms with E-state index in [2.05, 4.69) is 16.9 Å². The van der Waals surface area contributed by atoms with Crippen LogP contribution in [0.5, 0.6) is 0 Å². The minimum Gasteiger partial charge on any atom is -0.468 e. The second kappa shape index (κ2) is 7.03. The van der Waals surface area contributed by atoms with Gasteiger partial charge in [-0.3, -0.25) is 10.1 Å². The highest BCUT2D eigenvalue weighted by atomic mass is 35.5. The predicted molar refractivity (Wildman–Crippen MR) is 73.4 cm³/mol. The van der Waals surface area contributed by atoms with Gasteiger partial charge in [-0.25, -0.2) is 4.99 Å². The van der Waals surface area contributed by atoms with Gasteiger partial charge in [-0.1, -0.05) is 29.3 Å². The van der Waals surface area contributed by atoms with Crippen molar-refractivity contribution in [2.75, 3.05) is 13.7 Å². The van der Waals surface area contributed by atoms with Crippen molar-refractivity contribution in [2.45, 2.75) is 0 Å². The van der Waals surface area contributed by atoms with E-state index in [1.54, 1.807) is 18.2 Å². The molecule has 1 aromatic carbocycles. The van der Waals surface area contributed by atoms with Crippen molar-refractivity contribution in [3.63, 3.8) is 0 Å². The Morgan fingerprint density at radius 1 is 1.50 bits per heavy atom. The van der Waals surface area contributed by atoms with E-state index in [9.17, 15) is 4.79 Å². The summed E-state index contributed by atoms with van der Waals surface area (Å²) in [5.41, 5.74) is 0.368. The molecule has 0 bridgehead atoms. The molecule has 0 aromatic heterocycles. The van der Waals surface area contributed by atoms with E-state index in [4.69, 9.17) is 27.9 Å². The van der Waals surface area contributed by atoms with Crippen molar-refractivity contribution >= 4 is 35.1 Å². The predicted octanol–water partition coefficient (Wildman–Crippen LogP) is 2.91. The van der Waals surface area contributed by atoms with Gasteiger partial charge in [0, 0.05) is 5.56 Å². The molecule has 0 aliphatic heterocycles. The Hall–Kier alpha value is -1.52. The Labute approximate surface area is 115 Å². The van der Waals surface area contributed by atoms with Crippen molar-refractivity contribution in [2.24, 2.45) is 4.99 Å². The van der Waals surface area contributed by atoms with E-state index in [0.717, 1.165) is 0 Å². The van der Waals surface area contributed by atoms with E-state index in [1.807, 2.05) is 0 Å². The van der Waals surface area contributed by atoms with Crippen LogP contribution in [0.1, 0.15) is 10.4 Å². The number of rotatable bonds is 3. The number of benzene rings is 1. The molecule has 0 saturated heterocycles. The molecule has 0 fully saturated rings. The third kappa shape index (κ3) is 4.05. The summed E-state index contributed by atoms with van der Waals surface area (Å²) >= 11 is 11.6. The molecule has 0 aliphatic rings. The molecule has 0 spiro atoms. The largest absolute Gasteiger partial charge is 0.468 e. The van der Waals surface area contributed by atoms with Gasteiger partial charge in [0.1, 0.15) is 0 Å². The zero-order chi connectivity index (χ0) is 13.5. The molecule has 0 radical (unpaired) electrons. The summed E-state index contributed by atoms with van der Waals surface area (Å²) in [5.74, 6) is -0.377. The lowest BCUT2D eigenvalue weighted by atomic mass is 10.2. The number of amides is 1. The van der Waals surface area contributed by atoms with Gasteiger partial charge >= 0.3 is 0 Å². The fourth-order valence-electron chi connectivity index (χ4n) is 1.11. The Balaban J connectivity index is 2.80. The molecule has 0 atom stereocenters. The number of aliphatic imine (C=N–C) groups is 1. The maximum Gasteiger partial charge on any atom is 0.291 e. The van der Waals surface area contributed by atoms with Crippen molar-refractivity contribution in [1.29, 1.82) is 0 Å². The number of carbonyl (C=O) groups is 1. The van der Waals surface area contributed by atoms with Crippen molar-refractivity contribution < 1.29 is 9.53 Å². The monoisotopic (exact) mass is 286 g/mol. The molecule has 0 heterocycles. The van der Waals surface area contributed by atoms with Gasteiger partial charge < -0.3 is 4.74 Å². The standard InChI is InChI=1S/C12H12Cl2N2O2/c1-3-6-15-12(18-2)16-11(17)8-4-5-9(13)10(14)7-8/h3-5,7H,1,6H2,2H3,(H,15,16,17). The molecule has 1 N–H and O–H groups in total. The number of hydrogen-bond donors (Lipinski definition) is 1. The third-order valence-corrected chi connectivity index (χ3v) is 2.70. The lowest BCUT2D eigenvalue weighted by molar-refractivity contribution is 0.0968. The molecule has 96 valence electrons. The number of methoxy groups -OCH3 is 1. The summed E-state index contributed by atoms with van der Waals surface area (Å²) in [6, 6.07) is 4.70. The molecule has 4 nitrogen and oxygen atoms in total. The average Bonchev–Trinajstić information content (AvgIpc) is 2.37. The highest BCUT2D eigenvalue weighted by Gasteiger charge is 2.10. The summed E-state index contributed by atoms with van der Waals surface area (Å²) in [5, 5.41) is 3.20. The Kier molecular flexibility index (Phi) is 5.68. The zero-order valence-corrected chi connectivity index (χ0v) is 11.3. The number of nitrogens with one attached hydrogen (secondary N) is 1. The minimum atomic E-state index is -0.377. The number of nitrogens with zero attached hydrogens (tertiary/aromatic N) is 1. The third-order valence-electron chi connectivity index (χ3n) is 1.96. The Morgan fingerprint density at radius 2 is 2.22 bits per heavy atom. The van der Waals surface area contributed by atoms with E-state index < -0.39 is 0 Å². The van der Waals surface area contributed by atoms with Gasteiger partial charge in [-0.05, 0) is 18.2 Å². The topological polar surface area (TPSA) is 50.7 Å². The molecule has 0 aliphatic carbocycles. The lowest BCUT2D eigenvalue weighted by Crippen LogP contribution is -2.31. The summed E-state index contributed by atoms with van der Waals surface area (Å²) in [6.07, 6.45) is 1.59.